The third-order valence-corrected chi connectivity index (χ3v) is 3.61. The summed E-state index contributed by atoms with van der Waals surface area (Å²) in [6.07, 6.45) is 6.26. The Balaban J connectivity index is 2.66. The first-order valence-corrected chi connectivity index (χ1v) is 6.35. The number of halogens is 1. The van der Waals surface area contributed by atoms with Crippen LogP contribution in [0.1, 0.15) is 44.2 Å². The molecule has 0 bridgehead atoms. The van der Waals surface area contributed by atoms with Gasteiger partial charge in [-0.05, 0) is 30.4 Å². The second-order valence-electron chi connectivity index (χ2n) is 3.70. The van der Waals surface area contributed by atoms with E-state index in [2.05, 4.69) is 48.0 Å². The monoisotopic (exact) mass is 254 g/mol. The van der Waals surface area contributed by atoms with Gasteiger partial charge in [0.25, 0.3) is 0 Å². The van der Waals surface area contributed by atoms with Gasteiger partial charge in [-0.25, -0.2) is 0 Å². The molecule has 0 aromatic heterocycles. The van der Waals surface area contributed by atoms with Crippen molar-refractivity contribution < 1.29 is 0 Å². The van der Waals surface area contributed by atoms with Crippen LogP contribution in [0.3, 0.4) is 0 Å². The summed E-state index contributed by atoms with van der Waals surface area (Å²) in [5, 5.41) is 0. The van der Waals surface area contributed by atoms with Gasteiger partial charge < -0.3 is 0 Å². The van der Waals surface area contributed by atoms with E-state index in [-0.39, 0.29) is 0 Å². The summed E-state index contributed by atoms with van der Waals surface area (Å²) < 4.78 is 1.33. The van der Waals surface area contributed by atoms with Crippen molar-refractivity contribution in [1.29, 1.82) is 0 Å². The summed E-state index contributed by atoms with van der Waals surface area (Å²) >= 11 is 3.69. The molecule has 0 radical (unpaired) electrons. The smallest absolute Gasteiger partial charge is 0.0239 e. The van der Waals surface area contributed by atoms with Crippen LogP contribution in [-0.2, 0) is 12.8 Å². The lowest BCUT2D eigenvalue weighted by Gasteiger charge is -2.07. The second kappa shape index (κ2) is 6.23. The standard InChI is InChI=1S/C13H19Br/c1-3-5-6-8-12-10-7-9-11(4-2)13(12)14/h7,9-10H,3-6,8H2,1-2H3. The Labute approximate surface area is 95.9 Å². The van der Waals surface area contributed by atoms with Gasteiger partial charge in [0.05, 0.1) is 0 Å². The molecule has 0 unspecified atom stereocenters. The zero-order valence-corrected chi connectivity index (χ0v) is 10.7. The molecular formula is C13H19Br. The Morgan fingerprint density at radius 1 is 1.07 bits per heavy atom. The lowest BCUT2D eigenvalue weighted by molar-refractivity contribution is 0.715. The molecular weight excluding hydrogens is 236 g/mol. The normalized spacial score (nSPS) is 10.5. The predicted molar refractivity (Wildman–Crippen MR) is 66.7 cm³/mol. The van der Waals surface area contributed by atoms with Crippen molar-refractivity contribution in [3.8, 4) is 0 Å². The highest BCUT2D eigenvalue weighted by Gasteiger charge is 2.03. The van der Waals surface area contributed by atoms with Crippen LogP contribution in [0.2, 0.25) is 0 Å². The summed E-state index contributed by atoms with van der Waals surface area (Å²) in [4.78, 5) is 0. The Kier molecular flexibility index (Phi) is 5.24. The summed E-state index contributed by atoms with van der Waals surface area (Å²) in [5.41, 5.74) is 2.90. The number of aryl methyl sites for hydroxylation is 2. The first-order chi connectivity index (χ1) is 6.79. The summed E-state index contributed by atoms with van der Waals surface area (Å²) in [6.45, 7) is 4.45. The molecule has 0 N–H and O–H groups in total. The predicted octanol–water partition coefficient (Wildman–Crippen LogP) is 4.74. The Morgan fingerprint density at radius 2 is 1.79 bits per heavy atom. The molecule has 0 nitrogen and oxygen atoms in total. The highest BCUT2D eigenvalue weighted by atomic mass is 79.9. The molecule has 0 atom stereocenters. The first-order valence-electron chi connectivity index (χ1n) is 5.55. The van der Waals surface area contributed by atoms with Crippen molar-refractivity contribution in [2.24, 2.45) is 0 Å². The van der Waals surface area contributed by atoms with E-state index in [4.69, 9.17) is 0 Å². The summed E-state index contributed by atoms with van der Waals surface area (Å²) in [5.74, 6) is 0. The topological polar surface area (TPSA) is 0 Å². The van der Waals surface area contributed by atoms with Crippen molar-refractivity contribution in [3.05, 3.63) is 33.8 Å². The summed E-state index contributed by atoms with van der Waals surface area (Å²) in [7, 11) is 0. The number of hydrogen-bond donors (Lipinski definition) is 0. The Morgan fingerprint density at radius 3 is 2.43 bits per heavy atom. The van der Waals surface area contributed by atoms with E-state index in [0.29, 0.717) is 0 Å². The fraction of sp³-hybridized carbons (Fsp3) is 0.538. The van der Waals surface area contributed by atoms with Crippen molar-refractivity contribution in [2.75, 3.05) is 0 Å². The number of hydrogen-bond acceptors (Lipinski definition) is 0. The first kappa shape index (κ1) is 11.8. The molecule has 0 saturated carbocycles. The molecule has 78 valence electrons. The molecule has 0 saturated heterocycles. The maximum absolute atomic E-state index is 3.69. The van der Waals surface area contributed by atoms with Crippen LogP contribution in [-0.4, -0.2) is 0 Å². The lowest BCUT2D eigenvalue weighted by atomic mass is 10.0. The van der Waals surface area contributed by atoms with Crippen molar-refractivity contribution >= 4 is 15.9 Å². The number of rotatable bonds is 5. The number of benzene rings is 1. The summed E-state index contributed by atoms with van der Waals surface area (Å²) in [6, 6.07) is 6.61. The van der Waals surface area contributed by atoms with Gasteiger partial charge >= 0.3 is 0 Å². The zero-order chi connectivity index (χ0) is 10.4. The van der Waals surface area contributed by atoms with Crippen LogP contribution in [0.25, 0.3) is 0 Å². The molecule has 1 aromatic carbocycles. The van der Waals surface area contributed by atoms with Gasteiger partial charge in [0.15, 0.2) is 0 Å². The van der Waals surface area contributed by atoms with Crippen molar-refractivity contribution in [2.45, 2.75) is 46.0 Å². The molecule has 14 heavy (non-hydrogen) atoms. The third kappa shape index (κ3) is 3.13. The fourth-order valence-electron chi connectivity index (χ4n) is 1.66. The van der Waals surface area contributed by atoms with Gasteiger partial charge in [-0.3, -0.25) is 0 Å². The minimum absolute atomic E-state index is 1.11. The van der Waals surface area contributed by atoms with Crippen LogP contribution in [0.4, 0.5) is 0 Å². The lowest BCUT2D eigenvalue weighted by Crippen LogP contribution is -1.91. The van der Waals surface area contributed by atoms with Gasteiger partial charge in [-0.1, -0.05) is 60.8 Å². The quantitative estimate of drug-likeness (QED) is 0.666. The van der Waals surface area contributed by atoms with Gasteiger partial charge in [-0.15, -0.1) is 0 Å². The van der Waals surface area contributed by atoms with E-state index in [1.54, 1.807) is 0 Å². The SMILES string of the molecule is CCCCCc1cccc(CC)c1Br. The average molecular weight is 255 g/mol. The average Bonchev–Trinajstić information content (AvgIpc) is 2.21. The minimum atomic E-state index is 1.11. The van der Waals surface area contributed by atoms with E-state index in [1.807, 2.05) is 0 Å². The van der Waals surface area contributed by atoms with Gasteiger partial charge in [0, 0.05) is 4.47 Å². The highest BCUT2D eigenvalue weighted by molar-refractivity contribution is 9.10. The minimum Gasteiger partial charge on any atom is -0.0654 e. The zero-order valence-electron chi connectivity index (χ0n) is 9.15. The Hall–Kier alpha value is -0.300. The highest BCUT2D eigenvalue weighted by Crippen LogP contribution is 2.23. The second-order valence-corrected chi connectivity index (χ2v) is 4.49. The van der Waals surface area contributed by atoms with Crippen LogP contribution >= 0.6 is 15.9 Å². The van der Waals surface area contributed by atoms with Crippen LogP contribution in [0, 0.1) is 0 Å². The molecule has 1 aromatic rings. The van der Waals surface area contributed by atoms with E-state index in [0.717, 1.165) is 6.42 Å². The molecule has 0 amide bonds. The molecule has 1 heteroatoms. The van der Waals surface area contributed by atoms with Crippen LogP contribution < -0.4 is 0 Å². The van der Waals surface area contributed by atoms with Gasteiger partial charge in [-0.2, -0.15) is 0 Å². The van der Waals surface area contributed by atoms with E-state index >= 15 is 0 Å². The van der Waals surface area contributed by atoms with Gasteiger partial charge in [0.1, 0.15) is 0 Å². The van der Waals surface area contributed by atoms with Crippen molar-refractivity contribution in [3.63, 3.8) is 0 Å². The maximum Gasteiger partial charge on any atom is 0.0239 e. The van der Waals surface area contributed by atoms with Crippen molar-refractivity contribution in [1.82, 2.24) is 0 Å². The molecule has 0 heterocycles. The molecule has 1 rings (SSSR count). The number of unbranched alkanes of at least 4 members (excludes halogenated alkanes) is 2. The largest absolute Gasteiger partial charge is 0.0654 e. The molecule has 0 fully saturated rings. The molecule has 0 aliphatic heterocycles. The van der Waals surface area contributed by atoms with E-state index < -0.39 is 0 Å². The Bertz CT molecular complexity index is 279. The van der Waals surface area contributed by atoms with Crippen LogP contribution in [0.5, 0.6) is 0 Å². The van der Waals surface area contributed by atoms with Crippen LogP contribution in [0.15, 0.2) is 22.7 Å². The molecule has 0 aliphatic carbocycles. The maximum atomic E-state index is 3.69. The van der Waals surface area contributed by atoms with E-state index in [1.165, 1.54) is 41.3 Å². The molecule has 0 spiro atoms. The van der Waals surface area contributed by atoms with Gasteiger partial charge in [0.2, 0.25) is 0 Å². The third-order valence-electron chi connectivity index (χ3n) is 2.59. The van der Waals surface area contributed by atoms with E-state index in [9.17, 15) is 0 Å². The fourth-order valence-corrected chi connectivity index (χ4v) is 2.41. The molecule has 0 aliphatic rings.